The van der Waals surface area contributed by atoms with E-state index < -0.39 is 0 Å². The lowest BCUT2D eigenvalue weighted by molar-refractivity contribution is 0.0949. The van der Waals surface area contributed by atoms with Crippen LogP contribution < -0.4 is 14.9 Å². The molecular weight excluding hydrogens is 386 g/mol. The maximum Gasteiger partial charge on any atom is 0.290 e. The minimum Gasteiger partial charge on any atom is -0.493 e. The van der Waals surface area contributed by atoms with Crippen molar-refractivity contribution in [3.63, 3.8) is 0 Å². The second-order valence-electron chi connectivity index (χ2n) is 8.60. The summed E-state index contributed by atoms with van der Waals surface area (Å²) in [6, 6.07) is 5.59. The molecule has 2 aliphatic rings. The van der Waals surface area contributed by atoms with E-state index in [9.17, 15) is 4.79 Å². The van der Waals surface area contributed by atoms with Crippen LogP contribution in [0.15, 0.2) is 28.7 Å². The molecule has 4 rings (SSSR count). The molecule has 0 unspecified atom stereocenters. The monoisotopic (exact) mass is 413 g/mol. The molecule has 2 bridgehead atoms. The van der Waals surface area contributed by atoms with Crippen molar-refractivity contribution in [2.75, 3.05) is 14.2 Å². The Morgan fingerprint density at radius 3 is 2.62 bits per heavy atom. The van der Waals surface area contributed by atoms with Crippen molar-refractivity contribution in [1.29, 1.82) is 0 Å². The van der Waals surface area contributed by atoms with Crippen LogP contribution in [-0.2, 0) is 0 Å². The Morgan fingerprint density at radius 2 is 2.00 bits per heavy atom. The van der Waals surface area contributed by atoms with Crippen molar-refractivity contribution >= 4 is 23.0 Å². The van der Waals surface area contributed by atoms with Crippen LogP contribution in [0.1, 0.15) is 50.5 Å². The Labute approximate surface area is 175 Å². The molecule has 1 aromatic heterocycles. The number of aromatic nitrogens is 1. The summed E-state index contributed by atoms with van der Waals surface area (Å²) in [5, 5.41) is 7.03. The molecular formula is C22H27N3O3S. The first-order valence-corrected chi connectivity index (χ1v) is 10.7. The van der Waals surface area contributed by atoms with Crippen molar-refractivity contribution in [2.45, 2.75) is 40.0 Å². The van der Waals surface area contributed by atoms with Gasteiger partial charge in [-0.2, -0.15) is 5.10 Å². The largest absolute Gasteiger partial charge is 0.493 e. The smallest absolute Gasteiger partial charge is 0.290 e. The number of hydrazone groups is 1. The SMILES string of the molecule is COc1ccc(-c2nc(C(=O)N/N=C3/C[C@@H]4CC[C@]3(C)C4(C)C)cs2)cc1OC. The molecule has 1 aromatic carbocycles. The van der Waals surface area contributed by atoms with Crippen LogP contribution in [0.2, 0.25) is 0 Å². The van der Waals surface area contributed by atoms with Crippen molar-refractivity contribution < 1.29 is 14.3 Å². The highest BCUT2D eigenvalue weighted by Crippen LogP contribution is 2.63. The summed E-state index contributed by atoms with van der Waals surface area (Å²) >= 11 is 1.42. The first kappa shape index (κ1) is 19.9. The lowest BCUT2D eigenvalue weighted by atomic mass is 9.70. The summed E-state index contributed by atoms with van der Waals surface area (Å²) in [6.45, 7) is 6.93. The number of rotatable bonds is 5. The van der Waals surface area contributed by atoms with Crippen LogP contribution in [-0.4, -0.2) is 30.8 Å². The zero-order chi connectivity index (χ0) is 20.8. The topological polar surface area (TPSA) is 72.8 Å². The molecule has 29 heavy (non-hydrogen) atoms. The van der Waals surface area contributed by atoms with E-state index in [2.05, 4.69) is 36.3 Å². The van der Waals surface area contributed by atoms with Gasteiger partial charge >= 0.3 is 0 Å². The molecule has 0 radical (unpaired) electrons. The van der Waals surface area contributed by atoms with E-state index in [-0.39, 0.29) is 16.7 Å². The van der Waals surface area contributed by atoms with Gasteiger partial charge in [-0.25, -0.2) is 10.4 Å². The molecule has 1 amide bonds. The van der Waals surface area contributed by atoms with E-state index >= 15 is 0 Å². The summed E-state index contributed by atoms with van der Waals surface area (Å²) in [5.74, 6) is 1.66. The van der Waals surface area contributed by atoms with E-state index in [4.69, 9.17) is 9.47 Å². The van der Waals surface area contributed by atoms with Gasteiger partial charge in [0.05, 0.1) is 14.2 Å². The van der Waals surface area contributed by atoms with Gasteiger partial charge in [-0.05, 0) is 48.8 Å². The molecule has 2 aromatic rings. The van der Waals surface area contributed by atoms with Crippen LogP contribution >= 0.6 is 11.3 Å². The molecule has 0 saturated heterocycles. The number of thiazole rings is 1. The zero-order valence-electron chi connectivity index (χ0n) is 17.5. The number of nitrogens with zero attached hydrogens (tertiary/aromatic N) is 2. The summed E-state index contributed by atoms with van der Waals surface area (Å²) in [4.78, 5) is 17.1. The number of amides is 1. The fraction of sp³-hybridized carbons (Fsp3) is 0.500. The highest BCUT2D eigenvalue weighted by atomic mass is 32.1. The van der Waals surface area contributed by atoms with Crippen molar-refractivity contribution in [1.82, 2.24) is 10.4 Å². The number of benzene rings is 1. The number of ether oxygens (including phenoxy) is 2. The van der Waals surface area contributed by atoms with Crippen LogP contribution in [0.25, 0.3) is 10.6 Å². The number of nitrogens with one attached hydrogen (secondary N) is 1. The summed E-state index contributed by atoms with van der Waals surface area (Å²) < 4.78 is 10.6. The number of hydrogen-bond donors (Lipinski definition) is 1. The second kappa shape index (κ2) is 7.13. The summed E-state index contributed by atoms with van der Waals surface area (Å²) in [7, 11) is 3.20. The van der Waals surface area contributed by atoms with Crippen molar-refractivity contribution in [3.8, 4) is 22.1 Å². The van der Waals surface area contributed by atoms with Crippen LogP contribution in [0, 0.1) is 16.7 Å². The summed E-state index contributed by atoms with van der Waals surface area (Å²) in [6.07, 6.45) is 3.36. The highest BCUT2D eigenvalue weighted by Gasteiger charge is 2.60. The Morgan fingerprint density at radius 1 is 1.24 bits per heavy atom. The highest BCUT2D eigenvalue weighted by molar-refractivity contribution is 7.13. The number of carbonyl (C=O) groups excluding carboxylic acids is 1. The lowest BCUT2D eigenvalue weighted by Crippen LogP contribution is -2.34. The van der Waals surface area contributed by atoms with Gasteiger partial charge in [0.1, 0.15) is 10.7 Å². The predicted molar refractivity (Wildman–Crippen MR) is 115 cm³/mol. The van der Waals surface area contributed by atoms with Gasteiger partial charge in [0.15, 0.2) is 11.5 Å². The average Bonchev–Trinajstić information content (AvgIpc) is 3.34. The normalized spacial score (nSPS) is 26.0. The first-order chi connectivity index (χ1) is 13.8. The van der Waals surface area contributed by atoms with Crippen LogP contribution in [0.3, 0.4) is 0 Å². The third-order valence-corrected chi connectivity index (χ3v) is 8.06. The molecule has 0 aliphatic heterocycles. The Hall–Kier alpha value is -2.41. The predicted octanol–water partition coefficient (Wildman–Crippen LogP) is 4.76. The molecule has 154 valence electrons. The van der Waals surface area contributed by atoms with E-state index in [0.29, 0.717) is 23.1 Å². The molecule has 2 fully saturated rings. The maximum absolute atomic E-state index is 12.6. The van der Waals surface area contributed by atoms with Crippen LogP contribution in [0.5, 0.6) is 11.5 Å². The van der Waals surface area contributed by atoms with E-state index in [0.717, 1.165) is 29.1 Å². The fourth-order valence-electron chi connectivity index (χ4n) is 4.75. The minimum absolute atomic E-state index is 0.0673. The molecule has 0 spiro atoms. The first-order valence-electron chi connectivity index (χ1n) is 9.85. The van der Waals surface area contributed by atoms with Crippen LogP contribution in [0.4, 0.5) is 0 Å². The molecule has 1 heterocycles. The fourth-order valence-corrected chi connectivity index (χ4v) is 5.55. The van der Waals surface area contributed by atoms with Crippen molar-refractivity contribution in [3.05, 3.63) is 29.3 Å². The van der Waals surface area contributed by atoms with E-state index in [1.165, 1.54) is 17.8 Å². The lowest BCUT2D eigenvalue weighted by Gasteiger charge is -2.34. The van der Waals surface area contributed by atoms with Gasteiger partial charge in [0.25, 0.3) is 5.91 Å². The van der Waals surface area contributed by atoms with Gasteiger partial charge in [0.2, 0.25) is 0 Å². The average molecular weight is 414 g/mol. The molecule has 2 saturated carbocycles. The van der Waals surface area contributed by atoms with Gasteiger partial charge in [-0.3, -0.25) is 4.79 Å². The van der Waals surface area contributed by atoms with E-state index in [1.807, 2.05) is 18.2 Å². The molecule has 7 heteroatoms. The van der Waals surface area contributed by atoms with Gasteiger partial charge in [0, 0.05) is 22.1 Å². The molecule has 2 aliphatic carbocycles. The number of carbonyl (C=O) groups is 1. The van der Waals surface area contributed by atoms with Gasteiger partial charge < -0.3 is 9.47 Å². The molecule has 1 N–H and O–H groups in total. The third kappa shape index (κ3) is 3.12. The van der Waals surface area contributed by atoms with Crippen molar-refractivity contribution in [2.24, 2.45) is 21.8 Å². The Kier molecular flexibility index (Phi) is 4.89. The quantitative estimate of drug-likeness (QED) is 0.718. The van der Waals surface area contributed by atoms with Gasteiger partial charge in [-0.15, -0.1) is 11.3 Å². The van der Waals surface area contributed by atoms with E-state index in [1.54, 1.807) is 19.6 Å². The molecule has 6 nitrogen and oxygen atoms in total. The number of methoxy groups -OCH3 is 2. The number of hydrogen-bond acceptors (Lipinski definition) is 6. The molecule has 2 atom stereocenters. The summed E-state index contributed by atoms with van der Waals surface area (Å²) in [5.41, 5.74) is 5.40. The minimum atomic E-state index is -0.273. The number of fused-ring (bicyclic) bond motifs is 2. The zero-order valence-corrected chi connectivity index (χ0v) is 18.4. The van der Waals surface area contributed by atoms with Gasteiger partial charge in [-0.1, -0.05) is 20.8 Å². The Bertz CT molecular complexity index is 981. The maximum atomic E-state index is 12.6. The second-order valence-corrected chi connectivity index (χ2v) is 9.46. The third-order valence-electron chi connectivity index (χ3n) is 7.17. The standard InChI is InChI=1S/C22H27N3O3S/c1-21(2)14-8-9-22(21,3)18(11-14)24-25-19(26)15-12-29-20(23-15)13-6-7-16(27-4)17(10-13)28-5/h6-7,10,12,14H,8-9,11H2,1-5H3,(H,25,26)/b24-18-/t14-,22-/m0/s1. The Balaban J connectivity index is 1.50.